The molecule has 0 aliphatic heterocycles. The maximum Gasteiger partial charge on any atom is 0.668 e. The topological polar surface area (TPSA) is 80.9 Å². The first-order valence-corrected chi connectivity index (χ1v) is 2.68. The zero-order valence-electron chi connectivity index (χ0n) is 2.87. The van der Waals surface area contributed by atoms with Crippen molar-refractivity contribution in [1.29, 1.82) is 0 Å². The molecule has 0 saturated carbocycles. The molecular weight excluding hydrogens is 137 g/mol. The maximum absolute atomic E-state index is 7.33. The molecule has 0 amide bonds. The largest absolute Gasteiger partial charge is 0.668 e. The summed E-state index contributed by atoms with van der Waals surface area (Å²) in [5.74, 6) is 0. The Labute approximate surface area is 54.3 Å². The van der Waals surface area contributed by atoms with Crippen molar-refractivity contribution in [1.82, 2.24) is 0 Å². The Bertz CT molecular complexity index is 23.0. The van der Waals surface area contributed by atoms with E-state index in [4.69, 9.17) is 19.2 Å². The maximum atomic E-state index is 7.33. The molecule has 0 aliphatic carbocycles. The second-order valence-corrected chi connectivity index (χ2v) is 1.80. The molecule has 0 spiro atoms. The summed E-state index contributed by atoms with van der Waals surface area (Å²) in [5.41, 5.74) is 0. The van der Waals surface area contributed by atoms with Gasteiger partial charge in [0.2, 0.25) is 0 Å². The molecule has 6 heavy (non-hydrogen) atoms. The van der Waals surface area contributed by atoms with Gasteiger partial charge in [0.05, 0.1) is 0 Å². The molecule has 0 aliphatic rings. The van der Waals surface area contributed by atoms with Gasteiger partial charge in [-0.05, 0) is 0 Å². The third-order valence-corrected chi connectivity index (χ3v) is 0. The number of rotatable bonds is 0. The SMILES string of the molecule is O[Si](O)(O)O.[Sc]. The standard InChI is InChI=1S/H4O4Si.Sc/c1-5(2,3)4;/h1-4H;. The average Bonchev–Trinajstić information content (AvgIpc) is 0.722. The van der Waals surface area contributed by atoms with Gasteiger partial charge in [-0.25, -0.2) is 0 Å². The van der Waals surface area contributed by atoms with Crippen molar-refractivity contribution in [2.24, 2.45) is 0 Å². The predicted molar refractivity (Wildman–Crippen MR) is 14.6 cm³/mol. The molecule has 4 nitrogen and oxygen atoms in total. The van der Waals surface area contributed by atoms with Gasteiger partial charge in [0.25, 0.3) is 0 Å². The van der Waals surface area contributed by atoms with Crippen molar-refractivity contribution in [3.05, 3.63) is 0 Å². The Balaban J connectivity index is 0. The first-order chi connectivity index (χ1) is 2.00. The Morgan fingerprint density at radius 3 is 0.833 bits per heavy atom. The molecule has 0 unspecified atom stereocenters. The number of hydrogen-bond donors (Lipinski definition) is 4. The van der Waals surface area contributed by atoms with Crippen LogP contribution in [0.1, 0.15) is 0 Å². The molecule has 0 atom stereocenters. The van der Waals surface area contributed by atoms with Crippen LogP contribution in [-0.4, -0.2) is 28.2 Å². The first-order valence-electron chi connectivity index (χ1n) is 0.894. The first kappa shape index (κ1) is 10.0. The van der Waals surface area contributed by atoms with Crippen molar-refractivity contribution < 1.29 is 45.0 Å². The molecule has 0 aromatic heterocycles. The molecule has 4 N–H and O–H groups in total. The van der Waals surface area contributed by atoms with E-state index in [9.17, 15) is 0 Å². The minimum Gasteiger partial charge on any atom is -0.368 e. The van der Waals surface area contributed by atoms with Crippen LogP contribution in [0.3, 0.4) is 0 Å². The molecule has 0 heterocycles. The Morgan fingerprint density at radius 2 is 0.833 bits per heavy atom. The van der Waals surface area contributed by atoms with Gasteiger partial charge in [-0.1, -0.05) is 0 Å². The summed E-state index contributed by atoms with van der Waals surface area (Å²) in [6.07, 6.45) is 0. The molecule has 1 radical (unpaired) electrons. The third-order valence-electron chi connectivity index (χ3n) is 0. The summed E-state index contributed by atoms with van der Waals surface area (Å²) < 4.78 is 0. The van der Waals surface area contributed by atoms with Crippen LogP contribution in [0.2, 0.25) is 0 Å². The predicted octanol–water partition coefficient (Wildman–Crippen LogP) is -2.61. The Hall–Kier alpha value is 0.927. The van der Waals surface area contributed by atoms with Crippen LogP contribution in [0.5, 0.6) is 0 Å². The average molecular weight is 141 g/mol. The zero-order valence-corrected chi connectivity index (χ0v) is 5.67. The van der Waals surface area contributed by atoms with E-state index in [1.54, 1.807) is 0 Å². The monoisotopic (exact) mass is 141 g/mol. The molecule has 0 aromatic carbocycles. The van der Waals surface area contributed by atoms with E-state index >= 15 is 0 Å². The van der Waals surface area contributed by atoms with Gasteiger partial charge in [-0.15, -0.1) is 0 Å². The summed E-state index contributed by atoms with van der Waals surface area (Å²) in [6.45, 7) is 0. The summed E-state index contributed by atoms with van der Waals surface area (Å²) in [7, 11) is -4.61. The summed E-state index contributed by atoms with van der Waals surface area (Å²) in [6, 6.07) is 0. The van der Waals surface area contributed by atoms with Gasteiger partial charge in [0, 0.05) is 25.8 Å². The van der Waals surface area contributed by atoms with Gasteiger partial charge < -0.3 is 19.2 Å². The fraction of sp³-hybridized carbons (Fsp3) is 0. The van der Waals surface area contributed by atoms with Crippen molar-refractivity contribution in [3.63, 3.8) is 0 Å². The van der Waals surface area contributed by atoms with E-state index in [-0.39, 0.29) is 25.8 Å². The van der Waals surface area contributed by atoms with Gasteiger partial charge in [-0.3, -0.25) is 0 Å². The Morgan fingerprint density at radius 1 is 0.833 bits per heavy atom. The van der Waals surface area contributed by atoms with Gasteiger partial charge >= 0.3 is 9.05 Å². The van der Waals surface area contributed by atoms with Crippen molar-refractivity contribution in [2.45, 2.75) is 0 Å². The third kappa shape index (κ3) is 88.4. The smallest absolute Gasteiger partial charge is 0.368 e. The van der Waals surface area contributed by atoms with E-state index in [2.05, 4.69) is 0 Å². The van der Waals surface area contributed by atoms with Crippen LogP contribution in [0, 0.1) is 0 Å². The molecule has 0 bridgehead atoms. The van der Waals surface area contributed by atoms with Crippen molar-refractivity contribution in [2.75, 3.05) is 0 Å². The van der Waals surface area contributed by atoms with Crippen LogP contribution >= 0.6 is 0 Å². The number of hydrogen-bond acceptors (Lipinski definition) is 4. The van der Waals surface area contributed by atoms with Crippen LogP contribution in [0.15, 0.2) is 0 Å². The second kappa shape index (κ2) is 3.00. The minimum atomic E-state index is -4.61. The fourth-order valence-electron chi connectivity index (χ4n) is 0. The fourth-order valence-corrected chi connectivity index (χ4v) is 0. The van der Waals surface area contributed by atoms with Crippen molar-refractivity contribution in [3.8, 4) is 0 Å². The zero-order chi connectivity index (χ0) is 4.50. The van der Waals surface area contributed by atoms with E-state index < -0.39 is 9.05 Å². The van der Waals surface area contributed by atoms with Gasteiger partial charge in [0.15, 0.2) is 0 Å². The van der Waals surface area contributed by atoms with Crippen LogP contribution in [-0.2, 0) is 25.8 Å². The molecule has 6 heteroatoms. The molecule has 0 aromatic rings. The molecule has 35 valence electrons. The van der Waals surface area contributed by atoms with E-state index in [0.29, 0.717) is 0 Å². The summed E-state index contributed by atoms with van der Waals surface area (Å²) >= 11 is 0. The van der Waals surface area contributed by atoms with E-state index in [1.165, 1.54) is 0 Å². The van der Waals surface area contributed by atoms with Gasteiger partial charge in [0.1, 0.15) is 0 Å². The Kier molecular flexibility index (Phi) is 5.01. The van der Waals surface area contributed by atoms with E-state index in [0.717, 1.165) is 0 Å². The van der Waals surface area contributed by atoms with Crippen LogP contribution < -0.4 is 0 Å². The normalized spacial score (nSPS) is 10.0. The second-order valence-electron chi connectivity index (χ2n) is 0.600. The van der Waals surface area contributed by atoms with Crippen LogP contribution in [0.4, 0.5) is 0 Å². The van der Waals surface area contributed by atoms with E-state index in [1.807, 2.05) is 0 Å². The summed E-state index contributed by atoms with van der Waals surface area (Å²) in [4.78, 5) is 29.3. The summed E-state index contributed by atoms with van der Waals surface area (Å²) in [5, 5.41) is 0. The van der Waals surface area contributed by atoms with Crippen LogP contribution in [0.25, 0.3) is 0 Å². The van der Waals surface area contributed by atoms with Gasteiger partial charge in [-0.2, -0.15) is 0 Å². The van der Waals surface area contributed by atoms with Crippen molar-refractivity contribution >= 4 is 9.05 Å². The quantitative estimate of drug-likeness (QED) is 0.278. The molecule has 0 rings (SSSR count). The molecule has 0 fully saturated rings. The molecular formula is H4O4ScSi. The minimum absolute atomic E-state index is 0. The molecule has 0 saturated heterocycles.